The summed E-state index contributed by atoms with van der Waals surface area (Å²) < 4.78 is 5.93. The van der Waals surface area contributed by atoms with E-state index in [1.807, 2.05) is 4.90 Å². The second-order valence-corrected chi connectivity index (χ2v) is 6.77. The lowest BCUT2D eigenvalue weighted by molar-refractivity contribution is 0.0702. The van der Waals surface area contributed by atoms with E-state index in [9.17, 15) is 9.59 Å². The molecular formula is C16H15NO3S2. The number of thioether (sulfide) groups is 1. The normalized spacial score (nSPS) is 18.5. The number of Topliss-reactive ketones (excluding diaryl/α,β-unsaturated/α-hetero) is 2. The van der Waals surface area contributed by atoms with Gasteiger partial charge in [-0.2, -0.15) is 0 Å². The van der Waals surface area contributed by atoms with Crippen LogP contribution in [0.1, 0.15) is 27.6 Å². The number of morpholine rings is 1. The minimum Gasteiger partial charge on any atom is -0.378 e. The molecule has 0 spiro atoms. The molecular weight excluding hydrogens is 318 g/mol. The quantitative estimate of drug-likeness (QED) is 0.737. The van der Waals surface area contributed by atoms with Crippen LogP contribution in [0.15, 0.2) is 34.7 Å². The highest BCUT2D eigenvalue weighted by atomic mass is 32.2. The maximum Gasteiger partial charge on any atom is 0.200 e. The molecule has 1 aromatic rings. The van der Waals surface area contributed by atoms with Crippen LogP contribution >= 0.6 is 24.0 Å². The van der Waals surface area contributed by atoms with Gasteiger partial charge in [0.15, 0.2) is 5.78 Å². The molecule has 22 heavy (non-hydrogen) atoms. The highest BCUT2D eigenvalue weighted by molar-refractivity contribution is 8.26. The summed E-state index contributed by atoms with van der Waals surface area (Å²) in [5, 5.41) is 0. The first kappa shape index (κ1) is 15.4. The number of ether oxygens (including phenoxy) is 1. The number of carbonyl (C=O) groups excluding carboxylic acids is 2. The van der Waals surface area contributed by atoms with Crippen molar-refractivity contribution in [1.29, 1.82) is 0 Å². The zero-order chi connectivity index (χ0) is 15.7. The Morgan fingerprint density at radius 1 is 1.14 bits per heavy atom. The van der Waals surface area contributed by atoms with Gasteiger partial charge in [-0.25, -0.2) is 0 Å². The van der Waals surface area contributed by atoms with Crippen LogP contribution in [0, 0.1) is 0 Å². The van der Waals surface area contributed by atoms with Crippen molar-refractivity contribution in [2.75, 3.05) is 26.3 Å². The van der Waals surface area contributed by atoms with E-state index < -0.39 is 0 Å². The third-order valence-electron chi connectivity index (χ3n) is 3.76. The third kappa shape index (κ3) is 2.74. The fourth-order valence-corrected chi connectivity index (χ4v) is 3.86. The fourth-order valence-electron chi connectivity index (χ4n) is 2.50. The summed E-state index contributed by atoms with van der Waals surface area (Å²) in [6.07, 6.45) is 0. The smallest absolute Gasteiger partial charge is 0.200 e. The van der Waals surface area contributed by atoms with Gasteiger partial charge < -0.3 is 9.64 Å². The molecule has 4 nitrogen and oxygen atoms in total. The number of ketones is 2. The second kappa shape index (κ2) is 6.32. The zero-order valence-electron chi connectivity index (χ0n) is 12.1. The summed E-state index contributed by atoms with van der Waals surface area (Å²) in [5.41, 5.74) is 1.42. The summed E-state index contributed by atoms with van der Waals surface area (Å²) in [6, 6.07) is 6.93. The summed E-state index contributed by atoms with van der Waals surface area (Å²) >= 11 is 6.66. The van der Waals surface area contributed by atoms with E-state index in [0.29, 0.717) is 39.1 Å². The van der Waals surface area contributed by atoms with Crippen molar-refractivity contribution < 1.29 is 14.3 Å². The SMILES string of the molecule is CC1=C(SC(=S)N2CCOCC2)C(=O)c2ccccc2C1=O. The van der Waals surface area contributed by atoms with Gasteiger partial charge in [0.1, 0.15) is 4.32 Å². The van der Waals surface area contributed by atoms with Crippen LogP contribution in [0.4, 0.5) is 0 Å². The molecule has 1 heterocycles. The van der Waals surface area contributed by atoms with Crippen molar-refractivity contribution in [2.45, 2.75) is 6.92 Å². The molecule has 0 atom stereocenters. The minimum absolute atomic E-state index is 0.0949. The van der Waals surface area contributed by atoms with E-state index in [1.165, 1.54) is 11.8 Å². The van der Waals surface area contributed by atoms with Gasteiger partial charge in [-0.1, -0.05) is 48.2 Å². The molecule has 114 valence electrons. The standard InChI is InChI=1S/C16H15NO3S2/c1-10-13(18)11-4-2-3-5-12(11)14(19)15(10)22-16(21)17-6-8-20-9-7-17/h2-5H,6-9H2,1H3. The Morgan fingerprint density at radius 2 is 1.73 bits per heavy atom. The monoisotopic (exact) mass is 333 g/mol. The molecule has 0 unspecified atom stereocenters. The van der Waals surface area contributed by atoms with E-state index in [0.717, 1.165) is 13.1 Å². The molecule has 1 saturated heterocycles. The van der Waals surface area contributed by atoms with E-state index in [2.05, 4.69) is 0 Å². The molecule has 1 aliphatic carbocycles. The van der Waals surface area contributed by atoms with Crippen molar-refractivity contribution in [3.8, 4) is 0 Å². The van der Waals surface area contributed by atoms with E-state index in [4.69, 9.17) is 17.0 Å². The first-order chi connectivity index (χ1) is 10.6. The molecule has 2 aliphatic rings. The lowest BCUT2D eigenvalue weighted by Gasteiger charge is -2.29. The van der Waals surface area contributed by atoms with Crippen LogP contribution in [0.25, 0.3) is 0 Å². The number of rotatable bonds is 1. The van der Waals surface area contributed by atoms with Gasteiger partial charge in [-0.15, -0.1) is 0 Å². The Hall–Kier alpha value is -1.50. The largest absolute Gasteiger partial charge is 0.378 e. The van der Waals surface area contributed by atoms with Crippen LogP contribution in [-0.2, 0) is 4.74 Å². The number of fused-ring (bicyclic) bond motifs is 1. The van der Waals surface area contributed by atoms with Gasteiger partial charge in [0, 0.05) is 29.8 Å². The molecule has 3 rings (SSSR count). The number of carbonyl (C=O) groups is 2. The number of nitrogens with zero attached hydrogens (tertiary/aromatic N) is 1. The summed E-state index contributed by atoms with van der Waals surface area (Å²) in [4.78, 5) is 27.5. The van der Waals surface area contributed by atoms with Crippen molar-refractivity contribution in [3.63, 3.8) is 0 Å². The van der Waals surface area contributed by atoms with E-state index >= 15 is 0 Å². The van der Waals surface area contributed by atoms with Gasteiger partial charge >= 0.3 is 0 Å². The predicted octanol–water partition coefficient (Wildman–Crippen LogP) is 2.69. The van der Waals surface area contributed by atoms with Crippen molar-refractivity contribution >= 4 is 39.9 Å². The van der Waals surface area contributed by atoms with Crippen LogP contribution in [0.3, 0.4) is 0 Å². The summed E-state index contributed by atoms with van der Waals surface area (Å²) in [5.74, 6) is -0.212. The average Bonchev–Trinajstić information content (AvgIpc) is 2.57. The highest BCUT2D eigenvalue weighted by Crippen LogP contribution is 2.34. The Balaban J connectivity index is 1.87. The van der Waals surface area contributed by atoms with Gasteiger partial charge in [0.05, 0.1) is 18.1 Å². The lowest BCUT2D eigenvalue weighted by Crippen LogP contribution is -2.38. The maximum absolute atomic E-state index is 12.7. The number of hydrogen-bond acceptors (Lipinski definition) is 5. The molecule has 6 heteroatoms. The van der Waals surface area contributed by atoms with Crippen molar-refractivity contribution in [2.24, 2.45) is 0 Å². The highest BCUT2D eigenvalue weighted by Gasteiger charge is 2.31. The van der Waals surface area contributed by atoms with Gasteiger partial charge in [0.2, 0.25) is 5.78 Å². The second-order valence-electron chi connectivity index (χ2n) is 5.13. The van der Waals surface area contributed by atoms with E-state index in [1.54, 1.807) is 31.2 Å². The molecule has 0 amide bonds. The molecule has 1 aromatic carbocycles. The average molecular weight is 333 g/mol. The van der Waals surface area contributed by atoms with Gasteiger partial charge in [-0.05, 0) is 6.92 Å². The number of allylic oxidation sites excluding steroid dienone is 2. The van der Waals surface area contributed by atoms with Gasteiger partial charge in [-0.3, -0.25) is 9.59 Å². The first-order valence-corrected chi connectivity index (χ1v) is 8.26. The summed E-state index contributed by atoms with van der Waals surface area (Å²) in [7, 11) is 0. The molecule has 0 N–H and O–H groups in total. The fraction of sp³-hybridized carbons (Fsp3) is 0.312. The van der Waals surface area contributed by atoms with Crippen molar-refractivity contribution in [3.05, 3.63) is 45.9 Å². The first-order valence-electron chi connectivity index (χ1n) is 7.03. The zero-order valence-corrected chi connectivity index (χ0v) is 13.8. The Kier molecular flexibility index (Phi) is 4.42. The van der Waals surface area contributed by atoms with Crippen LogP contribution < -0.4 is 0 Å². The van der Waals surface area contributed by atoms with Crippen LogP contribution in [0.5, 0.6) is 0 Å². The van der Waals surface area contributed by atoms with Crippen LogP contribution in [-0.4, -0.2) is 47.1 Å². The molecule has 1 fully saturated rings. The van der Waals surface area contributed by atoms with Crippen molar-refractivity contribution in [1.82, 2.24) is 4.90 Å². The summed E-state index contributed by atoms with van der Waals surface area (Å²) in [6.45, 7) is 4.40. The molecule has 0 bridgehead atoms. The minimum atomic E-state index is -0.117. The maximum atomic E-state index is 12.7. The molecule has 0 aromatic heterocycles. The number of benzene rings is 1. The Bertz CT molecular complexity index is 690. The van der Waals surface area contributed by atoms with Crippen LogP contribution in [0.2, 0.25) is 0 Å². The number of hydrogen-bond donors (Lipinski definition) is 0. The molecule has 0 saturated carbocycles. The predicted molar refractivity (Wildman–Crippen MR) is 90.4 cm³/mol. The Labute approximate surface area is 138 Å². The number of thiocarbonyl (C=S) groups is 1. The topological polar surface area (TPSA) is 46.6 Å². The van der Waals surface area contributed by atoms with Gasteiger partial charge in [0.25, 0.3) is 0 Å². The molecule has 0 radical (unpaired) electrons. The Morgan fingerprint density at radius 3 is 2.36 bits per heavy atom. The lowest BCUT2D eigenvalue weighted by atomic mass is 9.90. The molecule has 1 aliphatic heterocycles. The third-order valence-corrected chi connectivity index (χ3v) is 5.40. The van der Waals surface area contributed by atoms with E-state index in [-0.39, 0.29) is 11.6 Å².